The van der Waals surface area contributed by atoms with E-state index in [9.17, 15) is 4.79 Å². The van der Waals surface area contributed by atoms with Gasteiger partial charge in [-0.15, -0.1) is 5.54 Å². The SMILES string of the molecule is CC(C)(Br)C(=O)OCC#C[Si](C)(C)C. The molecule has 0 aromatic carbocycles. The van der Waals surface area contributed by atoms with E-state index in [1.165, 1.54) is 0 Å². The lowest BCUT2D eigenvalue weighted by Gasteiger charge is -2.13. The molecular formula is C10H17BrO2Si. The molecule has 80 valence electrons. The van der Waals surface area contributed by atoms with Crippen LogP contribution in [0.4, 0.5) is 0 Å². The van der Waals surface area contributed by atoms with Crippen LogP contribution in [0.25, 0.3) is 0 Å². The van der Waals surface area contributed by atoms with Crippen LogP contribution < -0.4 is 0 Å². The summed E-state index contributed by atoms with van der Waals surface area (Å²) >= 11 is 3.22. The lowest BCUT2D eigenvalue weighted by atomic mass is 10.2. The fraction of sp³-hybridized carbons (Fsp3) is 0.700. The van der Waals surface area contributed by atoms with Crippen molar-refractivity contribution in [1.29, 1.82) is 0 Å². The van der Waals surface area contributed by atoms with E-state index >= 15 is 0 Å². The van der Waals surface area contributed by atoms with Gasteiger partial charge in [0.05, 0.1) is 0 Å². The van der Waals surface area contributed by atoms with Crippen LogP contribution in [0.3, 0.4) is 0 Å². The second-order valence-electron chi connectivity index (χ2n) is 4.60. The minimum absolute atomic E-state index is 0.193. The van der Waals surface area contributed by atoms with Gasteiger partial charge in [0.1, 0.15) is 12.4 Å². The number of ether oxygens (including phenoxy) is 1. The van der Waals surface area contributed by atoms with Gasteiger partial charge in [-0.2, -0.15) is 0 Å². The highest BCUT2D eigenvalue weighted by molar-refractivity contribution is 9.10. The molecule has 0 aromatic rings. The van der Waals surface area contributed by atoms with Crippen molar-refractivity contribution >= 4 is 30.0 Å². The van der Waals surface area contributed by atoms with Gasteiger partial charge in [-0.05, 0) is 13.8 Å². The molecule has 2 nitrogen and oxygen atoms in total. The summed E-state index contributed by atoms with van der Waals surface area (Å²) < 4.78 is 4.35. The maximum absolute atomic E-state index is 11.3. The molecule has 0 heterocycles. The van der Waals surface area contributed by atoms with E-state index in [1.54, 1.807) is 13.8 Å². The predicted octanol–water partition coefficient (Wildman–Crippen LogP) is 2.58. The molecule has 0 atom stereocenters. The number of hydrogen-bond donors (Lipinski definition) is 0. The van der Waals surface area contributed by atoms with E-state index in [-0.39, 0.29) is 12.6 Å². The van der Waals surface area contributed by atoms with Crippen LogP contribution in [0.1, 0.15) is 13.8 Å². The molecule has 0 radical (unpaired) electrons. The zero-order chi connectivity index (χ0) is 11.4. The first-order valence-corrected chi connectivity index (χ1v) is 8.78. The average molecular weight is 277 g/mol. The van der Waals surface area contributed by atoms with E-state index in [1.807, 2.05) is 0 Å². The maximum Gasteiger partial charge on any atom is 0.323 e. The summed E-state index contributed by atoms with van der Waals surface area (Å²) in [6.45, 7) is 10.1. The third-order valence-corrected chi connectivity index (χ3v) is 2.47. The zero-order valence-electron chi connectivity index (χ0n) is 9.40. The van der Waals surface area contributed by atoms with Gasteiger partial charge in [0.15, 0.2) is 6.61 Å². The van der Waals surface area contributed by atoms with E-state index in [0.29, 0.717) is 0 Å². The molecule has 4 heteroatoms. The number of rotatable bonds is 2. The van der Waals surface area contributed by atoms with Crippen molar-refractivity contribution in [3.63, 3.8) is 0 Å². The maximum atomic E-state index is 11.3. The van der Waals surface area contributed by atoms with Crippen LogP contribution >= 0.6 is 15.9 Å². The molecule has 0 bridgehead atoms. The smallest absolute Gasteiger partial charge is 0.323 e. The number of carbonyl (C=O) groups is 1. The van der Waals surface area contributed by atoms with Crippen molar-refractivity contribution in [2.75, 3.05) is 6.61 Å². The molecule has 0 saturated carbocycles. The molecule has 0 spiro atoms. The molecule has 0 unspecified atom stereocenters. The van der Waals surface area contributed by atoms with Crippen molar-refractivity contribution in [2.45, 2.75) is 37.8 Å². The van der Waals surface area contributed by atoms with E-state index in [2.05, 4.69) is 47.0 Å². The van der Waals surface area contributed by atoms with Gasteiger partial charge < -0.3 is 4.74 Å². The third-order valence-electron chi connectivity index (χ3n) is 1.22. The van der Waals surface area contributed by atoms with Crippen molar-refractivity contribution in [3.8, 4) is 11.5 Å². The molecule has 14 heavy (non-hydrogen) atoms. The van der Waals surface area contributed by atoms with Crippen molar-refractivity contribution < 1.29 is 9.53 Å². The standard InChI is InChI=1S/C10H17BrO2Si/c1-10(2,11)9(12)13-7-6-8-14(3,4)5/h7H2,1-5H3. The van der Waals surface area contributed by atoms with Crippen LogP contribution in [-0.2, 0) is 9.53 Å². The number of esters is 1. The van der Waals surface area contributed by atoms with Gasteiger partial charge in [0.2, 0.25) is 0 Å². The Bertz CT molecular complexity index is 263. The number of carbonyl (C=O) groups excluding carboxylic acids is 1. The number of alkyl halides is 1. The Morgan fingerprint density at radius 3 is 2.29 bits per heavy atom. The molecule has 0 aliphatic rings. The van der Waals surface area contributed by atoms with Crippen molar-refractivity contribution in [3.05, 3.63) is 0 Å². The average Bonchev–Trinajstić information content (AvgIpc) is 1.93. The Hall–Kier alpha value is -0.273. The fourth-order valence-corrected chi connectivity index (χ4v) is 1.29. The predicted molar refractivity (Wildman–Crippen MR) is 65.1 cm³/mol. The highest BCUT2D eigenvalue weighted by atomic mass is 79.9. The minimum atomic E-state index is -1.34. The van der Waals surface area contributed by atoms with E-state index in [0.717, 1.165) is 0 Å². The lowest BCUT2D eigenvalue weighted by molar-refractivity contribution is -0.143. The largest absolute Gasteiger partial charge is 0.452 e. The summed E-state index contributed by atoms with van der Waals surface area (Å²) in [5.74, 6) is 2.60. The molecule has 0 aromatic heterocycles. The Morgan fingerprint density at radius 1 is 1.43 bits per heavy atom. The topological polar surface area (TPSA) is 26.3 Å². The lowest BCUT2D eigenvalue weighted by Crippen LogP contribution is -2.26. The van der Waals surface area contributed by atoms with Gasteiger partial charge in [-0.25, -0.2) is 0 Å². The molecule has 0 aliphatic heterocycles. The van der Waals surface area contributed by atoms with Crippen LogP contribution in [0, 0.1) is 11.5 Å². The summed E-state index contributed by atoms with van der Waals surface area (Å²) in [5.41, 5.74) is 3.13. The fourth-order valence-electron chi connectivity index (χ4n) is 0.574. The molecular weight excluding hydrogens is 260 g/mol. The zero-order valence-corrected chi connectivity index (χ0v) is 12.0. The molecule has 0 rings (SSSR count). The van der Waals surface area contributed by atoms with Gasteiger partial charge in [0.25, 0.3) is 0 Å². The van der Waals surface area contributed by atoms with Crippen LogP contribution in [0.15, 0.2) is 0 Å². The van der Waals surface area contributed by atoms with Crippen molar-refractivity contribution in [1.82, 2.24) is 0 Å². The van der Waals surface area contributed by atoms with Gasteiger partial charge in [-0.3, -0.25) is 4.79 Å². The first kappa shape index (κ1) is 13.7. The Balaban J connectivity index is 3.97. The van der Waals surface area contributed by atoms with E-state index in [4.69, 9.17) is 4.74 Å². The van der Waals surface area contributed by atoms with E-state index < -0.39 is 12.4 Å². The highest BCUT2D eigenvalue weighted by Crippen LogP contribution is 2.17. The van der Waals surface area contributed by atoms with Crippen molar-refractivity contribution in [2.24, 2.45) is 0 Å². The Kier molecular flexibility index (Phi) is 4.89. The molecule has 0 amide bonds. The van der Waals surface area contributed by atoms with Crippen LogP contribution in [0.5, 0.6) is 0 Å². The first-order valence-electron chi connectivity index (χ1n) is 4.49. The highest BCUT2D eigenvalue weighted by Gasteiger charge is 2.24. The Morgan fingerprint density at radius 2 is 1.93 bits per heavy atom. The van der Waals surface area contributed by atoms with Crippen LogP contribution in [-0.4, -0.2) is 25.0 Å². The second kappa shape index (κ2) is 4.99. The molecule has 0 fully saturated rings. The monoisotopic (exact) mass is 276 g/mol. The third kappa shape index (κ3) is 7.16. The summed E-state index contributed by atoms with van der Waals surface area (Å²) in [6, 6.07) is 0. The molecule has 0 aliphatic carbocycles. The molecule has 0 saturated heterocycles. The second-order valence-corrected chi connectivity index (χ2v) is 11.3. The summed E-state index contributed by atoms with van der Waals surface area (Å²) in [5, 5.41) is 0. The summed E-state index contributed by atoms with van der Waals surface area (Å²) in [4.78, 5) is 11.3. The number of halogens is 1. The van der Waals surface area contributed by atoms with Gasteiger partial charge in [0, 0.05) is 0 Å². The number of hydrogen-bond acceptors (Lipinski definition) is 2. The minimum Gasteiger partial charge on any atom is -0.452 e. The van der Waals surface area contributed by atoms with Gasteiger partial charge >= 0.3 is 5.97 Å². The Labute approximate surface area is 95.5 Å². The first-order chi connectivity index (χ1) is 6.13. The van der Waals surface area contributed by atoms with Crippen LogP contribution in [0.2, 0.25) is 19.6 Å². The quantitative estimate of drug-likeness (QED) is 0.335. The summed E-state index contributed by atoms with van der Waals surface area (Å²) in [6.07, 6.45) is 0. The van der Waals surface area contributed by atoms with Gasteiger partial charge in [-0.1, -0.05) is 41.5 Å². The summed E-state index contributed by atoms with van der Waals surface area (Å²) in [7, 11) is -1.34. The normalized spacial score (nSPS) is 11.6. The molecule has 0 N–H and O–H groups in total.